The standard InChI is InChI=1S/C13H14N2O5/c1-6-10(12(18)20-2)11(15-13(19)14-6)7-3-4-8(16)9(17)5-7/h3-5,10-11,16-17H,1H2,2H3,(H2,14,15,19)/t10-,11+/m0/s1. The number of aromatic hydroxyl groups is 2. The van der Waals surface area contributed by atoms with Crippen molar-refractivity contribution in [3.63, 3.8) is 0 Å². The van der Waals surface area contributed by atoms with Crippen LogP contribution >= 0.6 is 0 Å². The molecule has 0 aromatic heterocycles. The molecule has 1 aromatic rings. The molecule has 0 radical (unpaired) electrons. The summed E-state index contributed by atoms with van der Waals surface area (Å²) in [5.41, 5.74) is 0.657. The molecule has 0 unspecified atom stereocenters. The second kappa shape index (κ2) is 5.12. The maximum absolute atomic E-state index is 11.8. The molecule has 7 heteroatoms. The predicted octanol–water partition coefficient (Wildman–Crippen LogP) is 0.755. The van der Waals surface area contributed by atoms with Gasteiger partial charge in [-0.2, -0.15) is 0 Å². The molecule has 4 N–H and O–H groups in total. The van der Waals surface area contributed by atoms with Gasteiger partial charge in [0.05, 0.1) is 13.2 Å². The van der Waals surface area contributed by atoms with Crippen molar-refractivity contribution in [1.82, 2.24) is 10.6 Å². The number of hydrogen-bond donors (Lipinski definition) is 4. The first-order chi connectivity index (χ1) is 9.43. The molecule has 1 aliphatic rings. The van der Waals surface area contributed by atoms with Crippen LogP contribution < -0.4 is 10.6 Å². The number of phenolic OH excluding ortho intramolecular Hbond substituents is 2. The lowest BCUT2D eigenvalue weighted by atomic mass is 9.89. The van der Waals surface area contributed by atoms with Gasteiger partial charge in [-0.3, -0.25) is 4.79 Å². The van der Waals surface area contributed by atoms with E-state index in [2.05, 4.69) is 17.2 Å². The Morgan fingerprint density at radius 3 is 2.65 bits per heavy atom. The molecule has 0 spiro atoms. The Labute approximate surface area is 114 Å². The minimum atomic E-state index is -0.832. The minimum absolute atomic E-state index is 0.207. The zero-order valence-electron chi connectivity index (χ0n) is 10.7. The molecular formula is C13H14N2O5. The zero-order valence-corrected chi connectivity index (χ0v) is 10.7. The third-order valence-electron chi connectivity index (χ3n) is 3.08. The summed E-state index contributed by atoms with van der Waals surface area (Å²) >= 11 is 0. The van der Waals surface area contributed by atoms with Crippen LogP contribution in [-0.2, 0) is 9.53 Å². The summed E-state index contributed by atoms with van der Waals surface area (Å²) in [5.74, 6) is -2.03. The van der Waals surface area contributed by atoms with Crippen molar-refractivity contribution in [2.75, 3.05) is 7.11 Å². The lowest BCUT2D eigenvalue weighted by molar-refractivity contribution is -0.145. The Hall–Kier alpha value is -2.70. The molecule has 1 aromatic carbocycles. The van der Waals surface area contributed by atoms with Crippen LogP contribution in [0.3, 0.4) is 0 Å². The number of carbonyl (C=O) groups is 2. The highest BCUT2D eigenvalue weighted by molar-refractivity contribution is 5.85. The van der Waals surface area contributed by atoms with Gasteiger partial charge in [0.15, 0.2) is 11.5 Å². The number of ether oxygens (including phenoxy) is 1. The van der Waals surface area contributed by atoms with Gasteiger partial charge in [-0.1, -0.05) is 12.6 Å². The van der Waals surface area contributed by atoms with Crippen LogP contribution in [0.4, 0.5) is 4.79 Å². The highest BCUT2D eigenvalue weighted by atomic mass is 16.5. The topological polar surface area (TPSA) is 108 Å². The summed E-state index contributed by atoms with van der Waals surface area (Å²) in [6, 6.07) is 2.79. The molecule has 106 valence electrons. The van der Waals surface area contributed by atoms with Gasteiger partial charge in [0.25, 0.3) is 0 Å². The van der Waals surface area contributed by atoms with E-state index < -0.39 is 24.0 Å². The van der Waals surface area contributed by atoms with Crippen LogP contribution in [0, 0.1) is 5.92 Å². The molecule has 0 bridgehead atoms. The Balaban J connectivity index is 2.42. The van der Waals surface area contributed by atoms with Gasteiger partial charge in [0.1, 0.15) is 5.92 Å². The van der Waals surface area contributed by atoms with E-state index in [1.54, 1.807) is 0 Å². The van der Waals surface area contributed by atoms with E-state index in [-0.39, 0.29) is 17.2 Å². The van der Waals surface area contributed by atoms with E-state index in [9.17, 15) is 19.8 Å². The molecule has 1 aliphatic heterocycles. The van der Waals surface area contributed by atoms with Crippen LogP contribution in [0.2, 0.25) is 0 Å². The maximum Gasteiger partial charge on any atom is 0.319 e. The maximum atomic E-state index is 11.8. The zero-order chi connectivity index (χ0) is 14.9. The Morgan fingerprint density at radius 1 is 1.35 bits per heavy atom. The van der Waals surface area contributed by atoms with Crippen molar-refractivity contribution in [1.29, 1.82) is 0 Å². The molecule has 1 heterocycles. The molecular weight excluding hydrogens is 264 g/mol. The van der Waals surface area contributed by atoms with E-state index >= 15 is 0 Å². The third kappa shape index (κ3) is 2.37. The molecule has 0 saturated carbocycles. The van der Waals surface area contributed by atoms with Crippen molar-refractivity contribution in [2.24, 2.45) is 5.92 Å². The highest BCUT2D eigenvalue weighted by Crippen LogP contribution is 2.34. The quantitative estimate of drug-likeness (QED) is 0.472. The number of nitrogens with one attached hydrogen (secondary N) is 2. The van der Waals surface area contributed by atoms with Crippen molar-refractivity contribution in [2.45, 2.75) is 6.04 Å². The second-order valence-corrected chi connectivity index (χ2v) is 4.35. The molecule has 2 amide bonds. The monoisotopic (exact) mass is 278 g/mol. The largest absolute Gasteiger partial charge is 0.504 e. The van der Waals surface area contributed by atoms with Gasteiger partial charge >= 0.3 is 12.0 Å². The Kier molecular flexibility index (Phi) is 3.51. The smallest absolute Gasteiger partial charge is 0.319 e. The fourth-order valence-corrected chi connectivity index (χ4v) is 2.10. The normalized spacial score (nSPS) is 21.9. The van der Waals surface area contributed by atoms with Crippen molar-refractivity contribution in [3.8, 4) is 11.5 Å². The Morgan fingerprint density at radius 2 is 2.05 bits per heavy atom. The van der Waals surface area contributed by atoms with Crippen molar-refractivity contribution >= 4 is 12.0 Å². The van der Waals surface area contributed by atoms with Crippen LogP contribution in [0.1, 0.15) is 11.6 Å². The summed E-state index contributed by atoms with van der Waals surface area (Å²) in [5, 5.41) is 23.8. The molecule has 2 atom stereocenters. The number of esters is 1. The number of benzene rings is 1. The van der Waals surface area contributed by atoms with Crippen LogP contribution in [0.15, 0.2) is 30.5 Å². The van der Waals surface area contributed by atoms with E-state index in [1.807, 2.05) is 0 Å². The summed E-state index contributed by atoms with van der Waals surface area (Å²) < 4.78 is 4.70. The highest BCUT2D eigenvalue weighted by Gasteiger charge is 2.38. The molecule has 1 saturated heterocycles. The number of amides is 2. The van der Waals surface area contributed by atoms with Crippen molar-refractivity contribution < 1.29 is 24.5 Å². The first kappa shape index (κ1) is 13.7. The number of hydrogen-bond acceptors (Lipinski definition) is 5. The molecule has 1 fully saturated rings. The average Bonchev–Trinajstić information content (AvgIpc) is 2.40. The lowest BCUT2D eigenvalue weighted by Gasteiger charge is -2.33. The third-order valence-corrected chi connectivity index (χ3v) is 3.08. The van der Waals surface area contributed by atoms with E-state index in [4.69, 9.17) is 4.74 Å². The summed E-state index contributed by atoms with van der Waals surface area (Å²) in [6.07, 6.45) is 0. The summed E-state index contributed by atoms with van der Waals surface area (Å²) in [4.78, 5) is 23.4. The molecule has 2 rings (SSSR count). The van der Waals surface area contributed by atoms with Crippen LogP contribution in [0.25, 0.3) is 0 Å². The minimum Gasteiger partial charge on any atom is -0.504 e. The molecule has 0 aliphatic carbocycles. The van der Waals surface area contributed by atoms with Crippen LogP contribution in [-0.4, -0.2) is 29.3 Å². The van der Waals surface area contributed by atoms with Gasteiger partial charge in [-0.15, -0.1) is 0 Å². The molecule has 7 nitrogen and oxygen atoms in total. The van der Waals surface area contributed by atoms with E-state index in [1.165, 1.54) is 25.3 Å². The fourth-order valence-electron chi connectivity index (χ4n) is 2.10. The Bertz CT molecular complexity index is 584. The number of phenols is 2. The first-order valence-corrected chi connectivity index (χ1v) is 5.80. The lowest BCUT2D eigenvalue weighted by Crippen LogP contribution is -2.50. The first-order valence-electron chi connectivity index (χ1n) is 5.80. The fraction of sp³-hybridized carbons (Fsp3) is 0.231. The van der Waals surface area contributed by atoms with Gasteiger partial charge < -0.3 is 25.6 Å². The van der Waals surface area contributed by atoms with Gasteiger partial charge in [0.2, 0.25) is 0 Å². The predicted molar refractivity (Wildman–Crippen MR) is 68.8 cm³/mol. The van der Waals surface area contributed by atoms with Crippen LogP contribution in [0.5, 0.6) is 11.5 Å². The number of carbonyl (C=O) groups excluding carboxylic acids is 2. The second-order valence-electron chi connectivity index (χ2n) is 4.35. The van der Waals surface area contributed by atoms with E-state index in [0.717, 1.165) is 0 Å². The molecule has 20 heavy (non-hydrogen) atoms. The van der Waals surface area contributed by atoms with Gasteiger partial charge in [-0.25, -0.2) is 4.79 Å². The SMILES string of the molecule is C=C1NC(=O)N[C@H](c2ccc(O)c(O)c2)[C@H]1C(=O)OC. The summed E-state index contributed by atoms with van der Waals surface area (Å²) in [6.45, 7) is 3.65. The summed E-state index contributed by atoms with van der Waals surface area (Å²) in [7, 11) is 1.23. The number of rotatable bonds is 2. The van der Waals surface area contributed by atoms with E-state index in [0.29, 0.717) is 5.56 Å². The number of methoxy groups -OCH3 is 1. The van der Waals surface area contributed by atoms with Gasteiger partial charge in [0, 0.05) is 5.70 Å². The average molecular weight is 278 g/mol. The van der Waals surface area contributed by atoms with Crippen molar-refractivity contribution in [3.05, 3.63) is 36.0 Å². The number of urea groups is 1. The van der Waals surface area contributed by atoms with Gasteiger partial charge in [-0.05, 0) is 17.7 Å².